The molecule has 39 heavy (non-hydrogen) atoms. The van der Waals surface area contributed by atoms with Crippen LogP contribution in [0.5, 0.6) is 0 Å². The van der Waals surface area contributed by atoms with Gasteiger partial charge in [-0.1, -0.05) is 115 Å². The van der Waals surface area contributed by atoms with E-state index in [4.69, 9.17) is 32.9 Å². The number of hydrogen-bond donors (Lipinski definition) is 0. The van der Waals surface area contributed by atoms with Gasteiger partial charge in [0.1, 0.15) is 0 Å². The Bertz CT molecular complexity index is 1750. The summed E-state index contributed by atoms with van der Waals surface area (Å²) in [4.78, 5) is 32.9. The Morgan fingerprint density at radius 3 is 2.44 bits per heavy atom. The third-order valence-corrected chi connectivity index (χ3v) is 8.38. The lowest BCUT2D eigenvalue weighted by Crippen LogP contribution is -2.40. The van der Waals surface area contributed by atoms with Gasteiger partial charge in [-0.15, -0.1) is 0 Å². The molecule has 0 N–H and O–H groups in total. The minimum atomic E-state index is -0.728. The smallest absolute Gasteiger partial charge is 0.338 e. The maximum absolute atomic E-state index is 14.0. The highest BCUT2D eigenvalue weighted by atomic mass is 35.5. The predicted octanol–water partition coefficient (Wildman–Crippen LogP) is 6.37. The fourth-order valence-electron chi connectivity index (χ4n) is 4.59. The second-order valence-corrected chi connectivity index (χ2v) is 11.2. The highest BCUT2D eigenvalue weighted by Crippen LogP contribution is 2.35. The Hall–Kier alpha value is -3.45. The molecule has 0 aliphatic carbocycles. The van der Waals surface area contributed by atoms with E-state index in [9.17, 15) is 9.59 Å². The van der Waals surface area contributed by atoms with E-state index < -0.39 is 12.0 Å². The van der Waals surface area contributed by atoms with E-state index in [1.807, 2.05) is 54.6 Å². The minimum absolute atomic E-state index is 0.196. The van der Waals surface area contributed by atoms with Crippen molar-refractivity contribution in [1.82, 2.24) is 4.57 Å². The number of fused-ring (bicyclic) bond motifs is 1. The fraction of sp³-hybridized carbons (Fsp3) is 0.194. The monoisotopic (exact) mass is 576 g/mol. The molecule has 0 unspecified atom stereocenters. The Morgan fingerprint density at radius 1 is 1.05 bits per heavy atom. The van der Waals surface area contributed by atoms with Crippen LogP contribution < -0.4 is 14.9 Å². The number of benzene rings is 3. The number of carbonyl (C=O) groups excluding carboxylic acids is 1. The number of rotatable bonds is 6. The van der Waals surface area contributed by atoms with E-state index in [1.165, 1.54) is 11.3 Å². The van der Waals surface area contributed by atoms with Crippen molar-refractivity contribution in [2.24, 2.45) is 4.99 Å². The molecule has 1 aromatic heterocycles. The molecule has 4 aromatic rings. The summed E-state index contributed by atoms with van der Waals surface area (Å²) in [5.74, 6) is -0.173. The first kappa shape index (κ1) is 27.1. The van der Waals surface area contributed by atoms with Crippen molar-refractivity contribution < 1.29 is 9.53 Å². The molecule has 0 fully saturated rings. The minimum Gasteiger partial charge on any atom is -0.463 e. The maximum atomic E-state index is 14.0. The summed E-state index contributed by atoms with van der Waals surface area (Å²) < 4.78 is 7.54. The quantitative estimate of drug-likeness (QED) is 0.251. The first-order valence-corrected chi connectivity index (χ1v) is 14.2. The summed E-state index contributed by atoms with van der Waals surface area (Å²) in [7, 11) is 0. The number of esters is 1. The zero-order valence-electron chi connectivity index (χ0n) is 21.7. The molecule has 0 saturated carbocycles. The summed E-state index contributed by atoms with van der Waals surface area (Å²) in [5, 5.41) is 0.764. The van der Waals surface area contributed by atoms with Crippen molar-refractivity contribution in [3.8, 4) is 0 Å². The second-order valence-electron chi connectivity index (χ2n) is 9.40. The van der Waals surface area contributed by atoms with Crippen molar-refractivity contribution in [1.29, 1.82) is 0 Å². The van der Waals surface area contributed by atoms with Crippen LogP contribution in [0.2, 0.25) is 10.0 Å². The Morgan fingerprint density at radius 2 is 1.77 bits per heavy atom. The summed E-state index contributed by atoms with van der Waals surface area (Å²) in [6.07, 6.45) is 1.72. The van der Waals surface area contributed by atoms with Gasteiger partial charge in [-0.05, 0) is 41.7 Å². The van der Waals surface area contributed by atoms with Crippen LogP contribution in [0.3, 0.4) is 0 Å². The van der Waals surface area contributed by atoms with Gasteiger partial charge in [-0.2, -0.15) is 0 Å². The Kier molecular flexibility index (Phi) is 7.89. The molecule has 1 aliphatic rings. The van der Waals surface area contributed by atoms with Gasteiger partial charge in [0.15, 0.2) is 4.80 Å². The van der Waals surface area contributed by atoms with Crippen molar-refractivity contribution >= 4 is 52.3 Å². The van der Waals surface area contributed by atoms with Gasteiger partial charge in [0.05, 0.1) is 38.5 Å². The summed E-state index contributed by atoms with van der Waals surface area (Å²) >= 11 is 13.9. The second kappa shape index (κ2) is 11.3. The van der Waals surface area contributed by atoms with Gasteiger partial charge in [0.2, 0.25) is 0 Å². The molecule has 5 nitrogen and oxygen atoms in total. The molecular weight excluding hydrogens is 551 g/mol. The summed E-state index contributed by atoms with van der Waals surface area (Å²) in [5.41, 5.74) is 3.87. The van der Waals surface area contributed by atoms with Gasteiger partial charge in [-0.25, -0.2) is 9.79 Å². The highest BCUT2D eigenvalue weighted by Gasteiger charge is 2.35. The molecule has 3 aromatic carbocycles. The zero-order valence-corrected chi connectivity index (χ0v) is 24.0. The first-order chi connectivity index (χ1) is 18.8. The molecular formula is C31H26Cl2N2O3S. The normalized spacial score (nSPS) is 15.3. The molecule has 5 rings (SSSR count). The van der Waals surface area contributed by atoms with Gasteiger partial charge >= 0.3 is 5.97 Å². The lowest BCUT2D eigenvalue weighted by Gasteiger charge is -2.26. The number of halogens is 2. The van der Waals surface area contributed by atoms with E-state index in [-0.39, 0.29) is 12.2 Å². The highest BCUT2D eigenvalue weighted by molar-refractivity contribution is 7.07. The molecule has 198 valence electrons. The van der Waals surface area contributed by atoms with Crippen LogP contribution >= 0.6 is 34.5 Å². The van der Waals surface area contributed by atoms with E-state index in [0.717, 1.165) is 16.7 Å². The van der Waals surface area contributed by atoms with Crippen molar-refractivity contribution in [2.45, 2.75) is 32.7 Å². The molecule has 8 heteroatoms. The molecule has 0 bridgehead atoms. The van der Waals surface area contributed by atoms with Crippen LogP contribution in [0.4, 0.5) is 0 Å². The van der Waals surface area contributed by atoms with Crippen molar-refractivity contribution in [2.75, 3.05) is 6.61 Å². The number of aromatic nitrogens is 1. The van der Waals surface area contributed by atoms with Crippen molar-refractivity contribution in [3.63, 3.8) is 0 Å². The molecule has 0 saturated heterocycles. The van der Waals surface area contributed by atoms with Crippen LogP contribution in [-0.2, 0) is 9.53 Å². The topological polar surface area (TPSA) is 60.7 Å². The van der Waals surface area contributed by atoms with Crippen LogP contribution in [0.1, 0.15) is 55.0 Å². The summed E-state index contributed by atoms with van der Waals surface area (Å²) in [6.45, 7) is 6.20. The molecule has 0 radical (unpaired) electrons. The van der Waals surface area contributed by atoms with E-state index in [0.29, 0.717) is 42.1 Å². The maximum Gasteiger partial charge on any atom is 0.338 e. The third kappa shape index (κ3) is 5.24. The number of nitrogens with zero attached hydrogens (tertiary/aromatic N) is 2. The molecule has 1 atom stereocenters. The van der Waals surface area contributed by atoms with Gasteiger partial charge < -0.3 is 4.74 Å². The third-order valence-electron chi connectivity index (χ3n) is 6.56. The zero-order chi connectivity index (χ0) is 27.7. The van der Waals surface area contributed by atoms with Gasteiger partial charge in [0.25, 0.3) is 5.56 Å². The van der Waals surface area contributed by atoms with Crippen LogP contribution in [0, 0.1) is 0 Å². The van der Waals surface area contributed by atoms with Crippen LogP contribution in [0.15, 0.2) is 88.2 Å². The fourth-order valence-corrected chi connectivity index (χ4v) is 5.95. The van der Waals surface area contributed by atoms with E-state index >= 15 is 0 Å². The molecule has 2 heterocycles. The largest absolute Gasteiger partial charge is 0.463 e. The lowest BCUT2D eigenvalue weighted by molar-refractivity contribution is -0.138. The van der Waals surface area contributed by atoms with Gasteiger partial charge in [0, 0.05) is 5.56 Å². The van der Waals surface area contributed by atoms with Crippen LogP contribution in [-0.4, -0.2) is 17.1 Å². The molecule has 0 amide bonds. The Balaban J connectivity index is 1.83. The van der Waals surface area contributed by atoms with E-state index in [1.54, 1.807) is 35.8 Å². The van der Waals surface area contributed by atoms with Crippen LogP contribution in [0.25, 0.3) is 11.8 Å². The van der Waals surface area contributed by atoms with Gasteiger partial charge in [-0.3, -0.25) is 9.36 Å². The first-order valence-electron chi connectivity index (χ1n) is 12.6. The van der Waals surface area contributed by atoms with E-state index in [2.05, 4.69) is 13.8 Å². The standard InChI is InChI=1S/C31H26Cl2N2O3S/c1-4-38-30(37)25-27(20-9-6-5-7-10-20)34-31-35(28(25)21-15-13-19(14-16-21)18(2)3)29(36)24(39-31)17-22-11-8-12-23(32)26(22)33/h5-18,28H,4H2,1-3H3/b24-17-/t28-/m0/s1. The predicted molar refractivity (Wildman–Crippen MR) is 158 cm³/mol. The molecule has 0 spiro atoms. The number of hydrogen-bond acceptors (Lipinski definition) is 5. The average molecular weight is 578 g/mol. The lowest BCUT2D eigenvalue weighted by atomic mass is 9.91. The number of ether oxygens (including phenoxy) is 1. The number of carbonyl (C=O) groups is 1. The number of thiazole rings is 1. The summed E-state index contributed by atoms with van der Waals surface area (Å²) in [6, 6.07) is 22.0. The average Bonchev–Trinajstić information content (AvgIpc) is 3.25. The Labute approximate surface area is 240 Å². The van der Waals surface area contributed by atoms with Crippen molar-refractivity contribution in [3.05, 3.63) is 130 Å². The molecule has 1 aliphatic heterocycles. The SMILES string of the molecule is CCOC(=O)C1=C(c2ccccc2)N=c2s/c(=C\c3cccc(Cl)c3Cl)c(=O)n2[C@H]1c1ccc(C(C)C)cc1.